The molecule has 0 bridgehead atoms. The Hall–Kier alpha value is -2.05. The maximum Gasteiger partial charge on any atom is 0.416 e. The highest BCUT2D eigenvalue weighted by Gasteiger charge is 2.31. The van der Waals surface area contributed by atoms with E-state index in [-0.39, 0.29) is 17.5 Å². The van der Waals surface area contributed by atoms with Gasteiger partial charge in [-0.3, -0.25) is 9.59 Å². The smallest absolute Gasteiger partial charge is 0.352 e. The van der Waals surface area contributed by atoms with Crippen LogP contribution in [0.25, 0.3) is 0 Å². The molecule has 2 unspecified atom stereocenters. The van der Waals surface area contributed by atoms with Gasteiger partial charge in [0.2, 0.25) is 5.91 Å². The molecular formula is C15H19F3N2O2. The number of nitrogens with one attached hydrogen (secondary N) is 2. The Balaban J connectivity index is 2.75. The zero-order valence-corrected chi connectivity index (χ0v) is 12.6. The van der Waals surface area contributed by atoms with Gasteiger partial charge in [0, 0.05) is 11.6 Å². The van der Waals surface area contributed by atoms with Crippen LogP contribution in [0.5, 0.6) is 0 Å². The molecule has 122 valence electrons. The van der Waals surface area contributed by atoms with E-state index < -0.39 is 23.7 Å². The number of alkyl halides is 3. The quantitative estimate of drug-likeness (QED) is 0.877. The number of halogens is 3. The molecule has 0 heterocycles. The van der Waals surface area contributed by atoms with Crippen LogP contribution in [0.2, 0.25) is 0 Å². The zero-order chi connectivity index (χ0) is 16.9. The summed E-state index contributed by atoms with van der Waals surface area (Å²) < 4.78 is 37.8. The highest BCUT2D eigenvalue weighted by Crippen LogP contribution is 2.29. The lowest BCUT2D eigenvalue weighted by Gasteiger charge is -2.17. The molecule has 22 heavy (non-hydrogen) atoms. The summed E-state index contributed by atoms with van der Waals surface area (Å²) in [4.78, 5) is 23.7. The summed E-state index contributed by atoms with van der Waals surface area (Å²) in [6.07, 6.45) is -3.78. The molecule has 1 rings (SSSR count). The van der Waals surface area contributed by atoms with E-state index in [9.17, 15) is 22.8 Å². The molecule has 0 spiro atoms. The van der Waals surface area contributed by atoms with Crippen molar-refractivity contribution in [2.75, 3.05) is 0 Å². The van der Waals surface area contributed by atoms with Gasteiger partial charge in [-0.2, -0.15) is 13.2 Å². The Bertz CT molecular complexity index is 544. The fourth-order valence-corrected chi connectivity index (χ4v) is 1.65. The second-order valence-corrected chi connectivity index (χ2v) is 5.09. The Morgan fingerprint density at radius 3 is 2.36 bits per heavy atom. The fourth-order valence-electron chi connectivity index (χ4n) is 1.65. The van der Waals surface area contributed by atoms with Crippen LogP contribution < -0.4 is 10.6 Å². The van der Waals surface area contributed by atoms with E-state index >= 15 is 0 Å². The topological polar surface area (TPSA) is 58.2 Å². The van der Waals surface area contributed by atoms with Crippen LogP contribution in [0.1, 0.15) is 43.1 Å². The van der Waals surface area contributed by atoms with Crippen molar-refractivity contribution in [3.63, 3.8) is 0 Å². The molecule has 0 saturated heterocycles. The van der Waals surface area contributed by atoms with Crippen molar-refractivity contribution in [1.29, 1.82) is 0 Å². The standard InChI is InChI=1S/C15H19F3N2O2/c1-4-9(2)19-13(21)10(3)20-14(22)11-6-5-7-12(8-11)15(16,17)18/h5-10H,4H2,1-3H3,(H,19,21)(H,20,22). The first-order valence-corrected chi connectivity index (χ1v) is 6.93. The van der Waals surface area contributed by atoms with Gasteiger partial charge in [-0.25, -0.2) is 0 Å². The minimum absolute atomic E-state index is 0.0413. The third kappa shape index (κ3) is 5.05. The van der Waals surface area contributed by atoms with Gasteiger partial charge >= 0.3 is 6.18 Å². The van der Waals surface area contributed by atoms with Crippen molar-refractivity contribution in [1.82, 2.24) is 10.6 Å². The summed E-state index contributed by atoms with van der Waals surface area (Å²) >= 11 is 0. The summed E-state index contributed by atoms with van der Waals surface area (Å²) in [6.45, 7) is 5.19. The Kier molecular flexibility index (Phi) is 5.96. The normalized spacial score (nSPS) is 14.1. The molecule has 1 aromatic carbocycles. The van der Waals surface area contributed by atoms with E-state index in [1.807, 2.05) is 13.8 Å². The SMILES string of the molecule is CCC(C)NC(=O)C(C)NC(=O)c1cccc(C(F)(F)F)c1. The minimum Gasteiger partial charge on any atom is -0.352 e. The summed E-state index contributed by atoms with van der Waals surface area (Å²) in [5.74, 6) is -1.10. The molecular weight excluding hydrogens is 297 g/mol. The molecule has 0 saturated carbocycles. The number of rotatable bonds is 5. The van der Waals surface area contributed by atoms with Gasteiger partial charge in [0.25, 0.3) is 5.91 Å². The number of carbonyl (C=O) groups excluding carboxylic acids is 2. The highest BCUT2D eigenvalue weighted by atomic mass is 19.4. The number of hydrogen-bond acceptors (Lipinski definition) is 2. The summed E-state index contributed by atoms with van der Waals surface area (Å²) in [6, 6.07) is 3.19. The maximum atomic E-state index is 12.6. The van der Waals surface area contributed by atoms with Gasteiger partial charge in [0.05, 0.1) is 5.56 Å². The summed E-state index contributed by atoms with van der Waals surface area (Å²) in [5, 5.41) is 5.07. The molecule has 1 aromatic rings. The third-order valence-electron chi connectivity index (χ3n) is 3.19. The second kappa shape index (κ2) is 7.29. The Morgan fingerprint density at radius 2 is 1.82 bits per heavy atom. The molecule has 0 fully saturated rings. The van der Waals surface area contributed by atoms with Crippen LogP contribution in [-0.4, -0.2) is 23.9 Å². The average molecular weight is 316 g/mol. The van der Waals surface area contributed by atoms with Crippen LogP contribution in [0, 0.1) is 0 Å². The molecule has 2 atom stereocenters. The van der Waals surface area contributed by atoms with Crippen molar-refractivity contribution >= 4 is 11.8 Å². The van der Waals surface area contributed by atoms with Crippen LogP contribution >= 0.6 is 0 Å². The van der Waals surface area contributed by atoms with Gasteiger partial charge in [-0.15, -0.1) is 0 Å². The van der Waals surface area contributed by atoms with E-state index in [1.165, 1.54) is 13.0 Å². The molecule has 2 N–H and O–H groups in total. The van der Waals surface area contributed by atoms with Crippen molar-refractivity contribution in [3.05, 3.63) is 35.4 Å². The van der Waals surface area contributed by atoms with E-state index in [0.29, 0.717) is 0 Å². The van der Waals surface area contributed by atoms with Gasteiger partial charge in [-0.1, -0.05) is 13.0 Å². The second-order valence-electron chi connectivity index (χ2n) is 5.09. The molecule has 0 radical (unpaired) electrons. The number of hydrogen-bond donors (Lipinski definition) is 2. The highest BCUT2D eigenvalue weighted by molar-refractivity contribution is 5.97. The average Bonchev–Trinajstić information content (AvgIpc) is 2.46. The van der Waals surface area contributed by atoms with Crippen LogP contribution in [0.15, 0.2) is 24.3 Å². The lowest BCUT2D eigenvalue weighted by atomic mass is 10.1. The molecule has 0 aliphatic heterocycles. The lowest BCUT2D eigenvalue weighted by Crippen LogP contribution is -2.47. The van der Waals surface area contributed by atoms with Crippen molar-refractivity contribution in [3.8, 4) is 0 Å². The number of amides is 2. The summed E-state index contributed by atoms with van der Waals surface area (Å²) in [7, 11) is 0. The first-order valence-electron chi connectivity index (χ1n) is 6.93. The lowest BCUT2D eigenvalue weighted by molar-refractivity contribution is -0.137. The molecule has 7 heteroatoms. The summed E-state index contributed by atoms with van der Waals surface area (Å²) in [5.41, 5.74) is -1.05. The third-order valence-corrected chi connectivity index (χ3v) is 3.19. The van der Waals surface area contributed by atoms with Gasteiger partial charge < -0.3 is 10.6 Å². The first kappa shape index (κ1) is 18.0. The van der Waals surface area contributed by atoms with E-state index in [4.69, 9.17) is 0 Å². The molecule has 0 aromatic heterocycles. The predicted molar refractivity (Wildman–Crippen MR) is 76.3 cm³/mol. The Labute approximate surface area is 127 Å². The van der Waals surface area contributed by atoms with Gasteiger partial charge in [0.15, 0.2) is 0 Å². The van der Waals surface area contributed by atoms with Gasteiger partial charge in [0.1, 0.15) is 6.04 Å². The minimum atomic E-state index is -4.52. The van der Waals surface area contributed by atoms with Crippen LogP contribution in [-0.2, 0) is 11.0 Å². The van der Waals surface area contributed by atoms with Crippen LogP contribution in [0.4, 0.5) is 13.2 Å². The number of carbonyl (C=O) groups is 2. The number of benzene rings is 1. The van der Waals surface area contributed by atoms with Gasteiger partial charge in [-0.05, 0) is 38.5 Å². The van der Waals surface area contributed by atoms with E-state index in [2.05, 4.69) is 10.6 Å². The first-order chi connectivity index (χ1) is 10.1. The van der Waals surface area contributed by atoms with E-state index in [0.717, 1.165) is 24.6 Å². The molecule has 0 aliphatic carbocycles. The molecule has 4 nitrogen and oxygen atoms in total. The fraction of sp³-hybridized carbons (Fsp3) is 0.467. The van der Waals surface area contributed by atoms with Crippen molar-refractivity contribution in [2.45, 2.75) is 45.5 Å². The van der Waals surface area contributed by atoms with Crippen molar-refractivity contribution < 1.29 is 22.8 Å². The maximum absolute atomic E-state index is 12.6. The zero-order valence-electron chi connectivity index (χ0n) is 12.6. The van der Waals surface area contributed by atoms with E-state index in [1.54, 1.807) is 0 Å². The largest absolute Gasteiger partial charge is 0.416 e. The van der Waals surface area contributed by atoms with Crippen LogP contribution in [0.3, 0.4) is 0 Å². The molecule has 0 aliphatic rings. The Morgan fingerprint density at radius 1 is 1.18 bits per heavy atom. The predicted octanol–water partition coefficient (Wildman–Crippen LogP) is 2.74. The molecule has 2 amide bonds. The van der Waals surface area contributed by atoms with Crippen molar-refractivity contribution in [2.24, 2.45) is 0 Å². The monoisotopic (exact) mass is 316 g/mol.